The maximum atomic E-state index is 12.7. The quantitative estimate of drug-likeness (QED) is 0.145. The van der Waals surface area contributed by atoms with Gasteiger partial charge in [-0.25, -0.2) is 5.43 Å². The number of hydrazone groups is 1. The Morgan fingerprint density at radius 3 is 2.22 bits per heavy atom. The Morgan fingerprint density at radius 1 is 0.927 bits per heavy atom. The highest BCUT2D eigenvalue weighted by Crippen LogP contribution is 2.39. The Labute approximate surface area is 244 Å². The number of hydrogen-bond acceptors (Lipinski definition) is 8. The number of hydrogen-bond donors (Lipinski definition) is 1. The molecule has 1 N–H and O–H groups in total. The van der Waals surface area contributed by atoms with Crippen molar-refractivity contribution in [1.29, 1.82) is 0 Å². The molecule has 3 aromatic carbocycles. The van der Waals surface area contributed by atoms with Gasteiger partial charge in [-0.1, -0.05) is 74.5 Å². The van der Waals surface area contributed by atoms with Gasteiger partial charge in [-0.2, -0.15) is 5.10 Å². The Kier molecular flexibility index (Phi) is 9.34. The maximum Gasteiger partial charge on any atom is 0.250 e. The van der Waals surface area contributed by atoms with Crippen LogP contribution in [-0.4, -0.2) is 54.0 Å². The van der Waals surface area contributed by atoms with E-state index < -0.39 is 0 Å². The molecule has 4 aromatic rings. The van der Waals surface area contributed by atoms with Crippen LogP contribution in [0.3, 0.4) is 0 Å². The lowest BCUT2D eigenvalue weighted by Crippen LogP contribution is -2.20. The summed E-state index contributed by atoms with van der Waals surface area (Å²) >= 11 is 1.28. The van der Waals surface area contributed by atoms with Crippen LogP contribution in [0.15, 0.2) is 70.9 Å². The summed E-state index contributed by atoms with van der Waals surface area (Å²) in [5, 5.41) is 13.6. The first-order valence-corrected chi connectivity index (χ1v) is 14.0. The molecule has 1 amide bonds. The third kappa shape index (κ3) is 6.89. The van der Waals surface area contributed by atoms with Gasteiger partial charge in [0.1, 0.15) is 0 Å². The van der Waals surface area contributed by atoms with Crippen LogP contribution >= 0.6 is 11.8 Å². The van der Waals surface area contributed by atoms with E-state index in [9.17, 15) is 4.79 Å². The summed E-state index contributed by atoms with van der Waals surface area (Å²) in [6, 6.07) is 20.0. The van der Waals surface area contributed by atoms with Gasteiger partial charge >= 0.3 is 0 Å². The molecule has 0 radical (unpaired) electrons. The number of rotatable bonds is 10. The molecule has 4 rings (SSSR count). The van der Waals surface area contributed by atoms with Crippen molar-refractivity contribution in [3.05, 3.63) is 77.4 Å². The highest BCUT2D eigenvalue weighted by molar-refractivity contribution is 7.99. The smallest absolute Gasteiger partial charge is 0.250 e. The molecule has 9 nitrogen and oxygen atoms in total. The Bertz CT molecular complexity index is 1520. The molecule has 0 fully saturated rings. The van der Waals surface area contributed by atoms with E-state index in [2.05, 4.69) is 65.8 Å². The number of ether oxygens (including phenoxy) is 3. The van der Waals surface area contributed by atoms with Crippen molar-refractivity contribution in [2.24, 2.45) is 5.10 Å². The maximum absolute atomic E-state index is 12.7. The van der Waals surface area contributed by atoms with Crippen LogP contribution in [0, 0.1) is 6.92 Å². The first kappa shape index (κ1) is 29.7. The second kappa shape index (κ2) is 12.9. The zero-order chi connectivity index (χ0) is 29.6. The Morgan fingerprint density at radius 2 is 1.61 bits per heavy atom. The van der Waals surface area contributed by atoms with Gasteiger partial charge in [0.25, 0.3) is 5.91 Å². The molecule has 0 saturated heterocycles. The Balaban J connectivity index is 1.52. The van der Waals surface area contributed by atoms with E-state index in [1.807, 2.05) is 35.8 Å². The number of methoxy groups -OCH3 is 3. The lowest BCUT2D eigenvalue weighted by atomic mass is 9.87. The van der Waals surface area contributed by atoms with Gasteiger partial charge in [0.15, 0.2) is 22.5 Å². The summed E-state index contributed by atoms with van der Waals surface area (Å²) < 4.78 is 18.2. The number of nitrogens with zero attached hydrogens (tertiary/aromatic N) is 4. The number of nitrogens with one attached hydrogen (secondary N) is 1. The van der Waals surface area contributed by atoms with Crippen LogP contribution in [0.25, 0.3) is 17.1 Å². The normalized spacial score (nSPS) is 11.5. The Hall–Kier alpha value is -4.31. The fraction of sp³-hybridized carbons (Fsp3) is 0.290. The average molecular weight is 574 g/mol. The van der Waals surface area contributed by atoms with Gasteiger partial charge in [-0.05, 0) is 42.2 Å². The topological polar surface area (TPSA) is 99.9 Å². The van der Waals surface area contributed by atoms with Crippen LogP contribution in [0.5, 0.6) is 17.2 Å². The van der Waals surface area contributed by atoms with Gasteiger partial charge in [0.2, 0.25) is 5.75 Å². The van der Waals surface area contributed by atoms with Crippen molar-refractivity contribution in [2.75, 3.05) is 27.1 Å². The molecule has 41 heavy (non-hydrogen) atoms. The van der Waals surface area contributed by atoms with Crippen molar-refractivity contribution < 1.29 is 19.0 Å². The minimum absolute atomic E-state index is 0.0462. The standard InChI is InChI=1S/C31H35N5O4S/c1-20-8-15-24(16-9-20)36-29(21-10-13-23(14-11-21)31(2,3)4)34-35-30(36)41-19-26(37)33-32-18-22-12-17-25(38-5)28(40-7)27(22)39-6/h8-18H,19H2,1-7H3,(H,33,37). The average Bonchev–Trinajstić information content (AvgIpc) is 3.39. The molecular weight excluding hydrogens is 538 g/mol. The molecule has 0 atom stereocenters. The van der Waals surface area contributed by atoms with Crippen LogP contribution in [-0.2, 0) is 10.2 Å². The minimum Gasteiger partial charge on any atom is -0.493 e. The predicted octanol–water partition coefficient (Wildman–Crippen LogP) is 5.81. The lowest BCUT2D eigenvalue weighted by Gasteiger charge is -2.19. The second-order valence-electron chi connectivity index (χ2n) is 10.3. The number of aromatic nitrogens is 3. The highest BCUT2D eigenvalue weighted by Gasteiger charge is 2.19. The summed E-state index contributed by atoms with van der Waals surface area (Å²) in [5.74, 6) is 1.93. The van der Waals surface area contributed by atoms with Gasteiger partial charge < -0.3 is 14.2 Å². The first-order valence-electron chi connectivity index (χ1n) is 13.0. The lowest BCUT2D eigenvalue weighted by molar-refractivity contribution is -0.118. The van der Waals surface area contributed by atoms with E-state index in [1.165, 1.54) is 37.8 Å². The first-order chi connectivity index (χ1) is 19.7. The zero-order valence-corrected chi connectivity index (χ0v) is 25.2. The van der Waals surface area contributed by atoms with Crippen molar-refractivity contribution in [3.63, 3.8) is 0 Å². The molecule has 0 spiro atoms. The van der Waals surface area contributed by atoms with E-state index in [-0.39, 0.29) is 17.1 Å². The molecule has 0 saturated carbocycles. The molecule has 1 heterocycles. The minimum atomic E-state index is -0.291. The number of amides is 1. The number of benzene rings is 3. The molecule has 0 unspecified atom stereocenters. The van der Waals surface area contributed by atoms with Crippen molar-refractivity contribution in [2.45, 2.75) is 38.3 Å². The zero-order valence-electron chi connectivity index (χ0n) is 24.4. The summed E-state index contributed by atoms with van der Waals surface area (Å²) in [7, 11) is 4.61. The van der Waals surface area contributed by atoms with E-state index in [1.54, 1.807) is 19.2 Å². The fourth-order valence-corrected chi connectivity index (χ4v) is 4.90. The third-order valence-corrected chi connectivity index (χ3v) is 7.32. The largest absolute Gasteiger partial charge is 0.493 e. The van der Waals surface area contributed by atoms with Crippen LogP contribution in [0.4, 0.5) is 0 Å². The van der Waals surface area contributed by atoms with Crippen molar-refractivity contribution in [1.82, 2.24) is 20.2 Å². The molecule has 1 aromatic heterocycles. The van der Waals surface area contributed by atoms with Crippen molar-refractivity contribution in [3.8, 4) is 34.3 Å². The molecule has 0 bridgehead atoms. The van der Waals surface area contributed by atoms with Crippen LogP contribution in [0.2, 0.25) is 0 Å². The summed E-state index contributed by atoms with van der Waals surface area (Å²) in [4.78, 5) is 12.7. The fourth-order valence-electron chi connectivity index (χ4n) is 4.16. The molecule has 0 aliphatic carbocycles. The van der Waals surface area contributed by atoms with E-state index in [4.69, 9.17) is 14.2 Å². The van der Waals surface area contributed by atoms with Crippen molar-refractivity contribution >= 4 is 23.9 Å². The monoisotopic (exact) mass is 573 g/mol. The van der Waals surface area contributed by atoms with Gasteiger partial charge in [0, 0.05) is 16.8 Å². The van der Waals surface area contributed by atoms with Crippen LogP contribution in [0.1, 0.15) is 37.5 Å². The molecule has 0 aliphatic rings. The van der Waals surface area contributed by atoms with Gasteiger partial charge in [0.05, 0.1) is 33.3 Å². The van der Waals surface area contributed by atoms with E-state index in [0.29, 0.717) is 33.8 Å². The summed E-state index contributed by atoms with van der Waals surface area (Å²) in [5.41, 5.74) is 7.48. The van der Waals surface area contributed by atoms with Gasteiger partial charge in [-0.15, -0.1) is 10.2 Å². The predicted molar refractivity (Wildman–Crippen MR) is 163 cm³/mol. The molecule has 10 heteroatoms. The number of carbonyl (C=O) groups excluding carboxylic acids is 1. The summed E-state index contributed by atoms with van der Waals surface area (Å²) in [6.07, 6.45) is 1.50. The van der Waals surface area contributed by atoms with E-state index >= 15 is 0 Å². The number of thioether (sulfide) groups is 1. The second-order valence-corrected chi connectivity index (χ2v) is 11.3. The number of carbonyl (C=O) groups is 1. The number of aryl methyl sites for hydroxylation is 1. The van der Waals surface area contributed by atoms with Gasteiger partial charge in [-0.3, -0.25) is 9.36 Å². The summed E-state index contributed by atoms with van der Waals surface area (Å²) in [6.45, 7) is 8.60. The molecular formula is C31H35N5O4S. The van der Waals surface area contributed by atoms with Crippen LogP contribution < -0.4 is 19.6 Å². The molecule has 214 valence electrons. The highest BCUT2D eigenvalue weighted by atomic mass is 32.2. The molecule has 0 aliphatic heterocycles. The van der Waals surface area contributed by atoms with E-state index in [0.717, 1.165) is 16.8 Å². The third-order valence-electron chi connectivity index (χ3n) is 6.39. The SMILES string of the molecule is COc1ccc(C=NNC(=O)CSc2nnc(-c3ccc(C(C)(C)C)cc3)n2-c2ccc(C)cc2)c(OC)c1OC.